The van der Waals surface area contributed by atoms with Gasteiger partial charge >= 0.3 is 6.18 Å². The van der Waals surface area contributed by atoms with Gasteiger partial charge in [-0.25, -0.2) is 9.97 Å². The quantitative estimate of drug-likeness (QED) is 0.575. The highest BCUT2D eigenvalue weighted by molar-refractivity contribution is 7.78. The lowest BCUT2D eigenvalue weighted by Gasteiger charge is -2.12. The fourth-order valence-electron chi connectivity index (χ4n) is 2.45. The Morgan fingerprint density at radius 2 is 1.75 bits per heavy atom. The minimum Gasteiger partial charge on any atom is -0.772 e. The number of hydrogen-bond donors (Lipinski definition) is 0. The molecule has 9 heteroatoms. The zero-order valence-electron chi connectivity index (χ0n) is 14.3. The van der Waals surface area contributed by atoms with Crippen LogP contribution in [0.4, 0.5) is 13.2 Å². The van der Waals surface area contributed by atoms with Crippen molar-refractivity contribution in [1.29, 1.82) is 0 Å². The Balaban J connectivity index is 1.90. The molecule has 0 aliphatic rings. The third-order valence-corrected chi connectivity index (χ3v) is 4.18. The van der Waals surface area contributed by atoms with Crippen LogP contribution in [0.25, 0.3) is 11.3 Å². The maximum atomic E-state index is 13.1. The molecular weight excluding hydrogens is 393 g/mol. The molecule has 3 rings (SSSR count). The van der Waals surface area contributed by atoms with Crippen molar-refractivity contribution in [2.75, 3.05) is 0 Å². The molecule has 3 aromatic rings. The Bertz CT molecular complexity index is 982. The smallest absolute Gasteiger partial charge is 0.433 e. The van der Waals surface area contributed by atoms with Gasteiger partial charge in [-0.3, -0.25) is 4.21 Å². The average Bonchev–Trinajstić information content (AvgIpc) is 2.66. The molecule has 0 saturated heterocycles. The van der Waals surface area contributed by atoms with Gasteiger partial charge in [0.2, 0.25) is 0 Å². The molecule has 0 aliphatic heterocycles. The van der Waals surface area contributed by atoms with E-state index in [4.69, 9.17) is 4.74 Å². The van der Waals surface area contributed by atoms with E-state index in [1.54, 1.807) is 24.3 Å². The van der Waals surface area contributed by atoms with Crippen molar-refractivity contribution in [3.63, 3.8) is 0 Å². The molecule has 1 aromatic heterocycles. The zero-order valence-corrected chi connectivity index (χ0v) is 15.2. The number of ether oxygens (including phenoxy) is 1. The van der Waals surface area contributed by atoms with Gasteiger partial charge in [0.15, 0.2) is 0 Å². The van der Waals surface area contributed by atoms with E-state index in [-0.39, 0.29) is 5.69 Å². The van der Waals surface area contributed by atoms with Crippen LogP contribution in [-0.2, 0) is 29.6 Å². The number of hydrogen-bond acceptors (Lipinski definition) is 5. The summed E-state index contributed by atoms with van der Waals surface area (Å²) in [5, 5.41) is 0. The molecule has 1 heterocycles. The van der Waals surface area contributed by atoms with Gasteiger partial charge in [-0.05, 0) is 34.8 Å². The van der Waals surface area contributed by atoms with Crippen molar-refractivity contribution in [3.8, 4) is 17.0 Å². The summed E-state index contributed by atoms with van der Waals surface area (Å²) in [6.07, 6.45) is -4.72. The highest BCUT2D eigenvalue weighted by Crippen LogP contribution is 2.31. The first kappa shape index (κ1) is 20.0. The summed E-state index contributed by atoms with van der Waals surface area (Å²) >= 11 is -2.61. The van der Waals surface area contributed by atoms with Gasteiger partial charge in [0.25, 0.3) is 0 Å². The van der Waals surface area contributed by atoms with E-state index in [0.29, 0.717) is 17.9 Å². The van der Waals surface area contributed by atoms with Crippen LogP contribution in [0.15, 0.2) is 60.7 Å². The van der Waals surface area contributed by atoms with E-state index in [2.05, 4.69) is 9.97 Å². The lowest BCUT2D eigenvalue weighted by atomic mass is 10.1. The fourth-order valence-corrected chi connectivity index (χ4v) is 2.79. The van der Waals surface area contributed by atoms with Gasteiger partial charge in [-0.1, -0.05) is 42.5 Å². The molecule has 28 heavy (non-hydrogen) atoms. The van der Waals surface area contributed by atoms with E-state index < -0.39 is 34.5 Å². The van der Waals surface area contributed by atoms with Crippen LogP contribution in [0.3, 0.4) is 0 Å². The van der Waals surface area contributed by atoms with Crippen molar-refractivity contribution >= 4 is 11.1 Å². The maximum absolute atomic E-state index is 13.1. The molecule has 0 saturated carbocycles. The second kappa shape index (κ2) is 8.49. The molecule has 0 radical (unpaired) electrons. The molecule has 0 fully saturated rings. The Hall–Kier alpha value is -2.78. The summed E-state index contributed by atoms with van der Waals surface area (Å²) in [5.41, 5.74) is 0.0624. The number of alkyl halides is 3. The SMILES string of the molecule is O=S([O-])Cc1nc(-c2cccc(OCc3ccccc3)c2)cc(C(F)(F)F)n1. The summed E-state index contributed by atoms with van der Waals surface area (Å²) in [6.45, 7) is 0.294. The van der Waals surface area contributed by atoms with Crippen LogP contribution >= 0.6 is 0 Å². The molecule has 0 bridgehead atoms. The molecule has 5 nitrogen and oxygen atoms in total. The van der Waals surface area contributed by atoms with E-state index in [9.17, 15) is 21.9 Å². The largest absolute Gasteiger partial charge is 0.772 e. The van der Waals surface area contributed by atoms with Crippen molar-refractivity contribution < 1.29 is 26.7 Å². The summed E-state index contributed by atoms with van der Waals surface area (Å²) in [5.74, 6) is -0.683. The van der Waals surface area contributed by atoms with E-state index >= 15 is 0 Å². The van der Waals surface area contributed by atoms with Gasteiger partial charge in [-0.15, -0.1) is 0 Å². The monoisotopic (exact) mass is 407 g/mol. The Morgan fingerprint density at radius 1 is 1.00 bits per heavy atom. The Morgan fingerprint density at radius 3 is 2.43 bits per heavy atom. The second-order valence-corrected chi connectivity index (χ2v) is 6.70. The molecule has 1 unspecified atom stereocenters. The van der Waals surface area contributed by atoms with Crippen LogP contribution in [0, 0.1) is 0 Å². The Labute approximate surface area is 161 Å². The van der Waals surface area contributed by atoms with Gasteiger partial charge in [0.1, 0.15) is 23.9 Å². The maximum Gasteiger partial charge on any atom is 0.433 e. The van der Waals surface area contributed by atoms with Crippen LogP contribution in [0.5, 0.6) is 5.75 Å². The third kappa shape index (κ3) is 5.37. The van der Waals surface area contributed by atoms with Gasteiger partial charge < -0.3 is 9.29 Å². The number of benzene rings is 2. The molecule has 0 amide bonds. The summed E-state index contributed by atoms with van der Waals surface area (Å²) in [4.78, 5) is 7.27. The van der Waals surface area contributed by atoms with E-state index in [1.165, 1.54) is 0 Å². The fraction of sp³-hybridized carbons (Fsp3) is 0.158. The van der Waals surface area contributed by atoms with E-state index in [1.807, 2.05) is 30.3 Å². The first-order valence-electron chi connectivity index (χ1n) is 8.09. The van der Waals surface area contributed by atoms with Gasteiger partial charge in [0, 0.05) is 5.56 Å². The normalized spacial score (nSPS) is 12.6. The van der Waals surface area contributed by atoms with Crippen LogP contribution < -0.4 is 4.74 Å². The molecular formula is C19H14F3N2O3S-. The average molecular weight is 407 g/mol. The van der Waals surface area contributed by atoms with E-state index in [0.717, 1.165) is 11.6 Å². The molecule has 1 atom stereocenters. The first-order chi connectivity index (χ1) is 13.3. The molecule has 146 valence electrons. The molecule has 0 spiro atoms. The van der Waals surface area contributed by atoms with Gasteiger partial charge in [-0.2, -0.15) is 13.2 Å². The summed E-state index contributed by atoms with van der Waals surface area (Å²) in [6, 6.07) is 16.6. The van der Waals surface area contributed by atoms with Crippen LogP contribution in [0.1, 0.15) is 17.1 Å². The van der Waals surface area contributed by atoms with Gasteiger partial charge in [0.05, 0.1) is 11.4 Å². The lowest BCUT2D eigenvalue weighted by molar-refractivity contribution is -0.141. The zero-order chi connectivity index (χ0) is 20.1. The minimum absolute atomic E-state index is 0.0343. The first-order valence-corrected chi connectivity index (χ1v) is 9.34. The van der Waals surface area contributed by atoms with Crippen molar-refractivity contribution in [2.45, 2.75) is 18.5 Å². The van der Waals surface area contributed by atoms with Crippen molar-refractivity contribution in [3.05, 3.63) is 77.7 Å². The molecule has 0 aliphatic carbocycles. The minimum atomic E-state index is -4.72. The van der Waals surface area contributed by atoms with Crippen molar-refractivity contribution in [2.24, 2.45) is 0 Å². The standard InChI is InChI=1S/C19H15F3N2O3S/c20-19(21,22)17-10-16(23-18(24-17)12-28(25)26)14-7-4-8-15(9-14)27-11-13-5-2-1-3-6-13/h1-10H,11-12H2,(H,25,26)/p-1. The lowest BCUT2D eigenvalue weighted by Crippen LogP contribution is -2.12. The summed E-state index contributed by atoms with van der Waals surface area (Å²) in [7, 11) is 0. The number of rotatable bonds is 6. The predicted octanol–water partition coefficient (Wildman–Crippen LogP) is 4.12. The number of nitrogens with zero attached hydrogens (tertiary/aromatic N) is 2. The highest BCUT2D eigenvalue weighted by atomic mass is 32.2. The van der Waals surface area contributed by atoms with Crippen LogP contribution in [-0.4, -0.2) is 18.7 Å². The third-order valence-electron chi connectivity index (χ3n) is 3.69. The van der Waals surface area contributed by atoms with Crippen molar-refractivity contribution in [1.82, 2.24) is 9.97 Å². The number of halogens is 3. The second-order valence-electron chi connectivity index (χ2n) is 5.80. The number of aromatic nitrogens is 2. The predicted molar refractivity (Wildman–Crippen MR) is 95.9 cm³/mol. The topological polar surface area (TPSA) is 75.1 Å². The highest BCUT2D eigenvalue weighted by Gasteiger charge is 2.33. The van der Waals surface area contributed by atoms with Crippen LogP contribution in [0.2, 0.25) is 0 Å². The summed E-state index contributed by atoms with van der Waals surface area (Å²) < 4.78 is 66.8. The molecule has 0 N–H and O–H groups in total. The molecule has 2 aromatic carbocycles. The Kier molecular flexibility index (Phi) is 6.05.